The van der Waals surface area contributed by atoms with E-state index in [0.29, 0.717) is 4.75 Å². The van der Waals surface area contributed by atoms with Crippen LogP contribution < -0.4 is 0 Å². The van der Waals surface area contributed by atoms with E-state index in [1.54, 1.807) is 0 Å². The fraction of sp³-hybridized carbons (Fsp3) is 1.00. The zero-order valence-corrected chi connectivity index (χ0v) is 15.0. The Labute approximate surface area is 125 Å². The number of hydrogen-bond acceptors (Lipinski definition) is 4. The quantitative estimate of drug-likeness (QED) is 0.709. The molecule has 1 heterocycles. The van der Waals surface area contributed by atoms with Gasteiger partial charge in [0, 0.05) is 38.3 Å². The second-order valence-corrected chi connectivity index (χ2v) is 11.8. The van der Waals surface area contributed by atoms with Crippen LogP contribution in [0, 0.1) is 0 Å². The van der Waals surface area contributed by atoms with E-state index in [0.717, 1.165) is 15.7 Å². The molecule has 0 spiro atoms. The highest BCUT2D eigenvalue weighted by atomic mass is 32.2. The van der Waals surface area contributed by atoms with Gasteiger partial charge in [-0.05, 0) is 5.25 Å². The lowest BCUT2D eigenvalue weighted by Gasteiger charge is -2.29. The van der Waals surface area contributed by atoms with Crippen molar-refractivity contribution in [1.29, 1.82) is 0 Å². The normalized spacial score (nSPS) is 26.5. The molecule has 1 saturated heterocycles. The second kappa shape index (κ2) is 7.86. The first-order chi connectivity index (χ1) is 7.87. The molecule has 0 amide bonds. The molecule has 0 bridgehead atoms. The van der Waals surface area contributed by atoms with Gasteiger partial charge in [-0.3, -0.25) is 0 Å². The first kappa shape index (κ1) is 16.5. The van der Waals surface area contributed by atoms with Crippen LogP contribution in [0.5, 0.6) is 0 Å². The fourth-order valence-electron chi connectivity index (χ4n) is 1.42. The minimum atomic E-state index is 0.426. The third kappa shape index (κ3) is 8.22. The van der Waals surface area contributed by atoms with Crippen LogP contribution in [0.1, 0.15) is 34.6 Å². The third-order valence-electron chi connectivity index (χ3n) is 2.35. The maximum Gasteiger partial charge on any atom is 0.0229 e. The number of thioether (sulfide) groups is 4. The van der Waals surface area contributed by atoms with Crippen molar-refractivity contribution in [3.63, 3.8) is 0 Å². The van der Waals surface area contributed by atoms with Crippen LogP contribution >= 0.6 is 47.0 Å². The molecule has 1 aliphatic rings. The van der Waals surface area contributed by atoms with E-state index in [4.69, 9.17) is 0 Å². The molecular weight excluding hydrogens is 284 g/mol. The largest absolute Gasteiger partial charge is 0.158 e. The van der Waals surface area contributed by atoms with E-state index in [1.165, 1.54) is 23.0 Å². The maximum atomic E-state index is 2.32. The standard InChI is InChI=1S/C13H26S4/c1-10(2)14-6-11-7-16-12(8-15-11)9-17-13(3,4)5/h10-12H,6-9H2,1-5H3. The molecule has 0 aliphatic carbocycles. The summed E-state index contributed by atoms with van der Waals surface area (Å²) in [5, 5.41) is 2.56. The van der Waals surface area contributed by atoms with Crippen LogP contribution in [0.25, 0.3) is 0 Å². The second-order valence-electron chi connectivity index (χ2n) is 5.72. The molecular formula is C13H26S4. The zero-order chi connectivity index (χ0) is 12.9. The van der Waals surface area contributed by atoms with E-state index in [2.05, 4.69) is 81.7 Å². The molecule has 0 N–H and O–H groups in total. The van der Waals surface area contributed by atoms with Gasteiger partial charge >= 0.3 is 0 Å². The molecule has 0 nitrogen and oxygen atoms in total. The van der Waals surface area contributed by atoms with Crippen molar-refractivity contribution in [1.82, 2.24) is 0 Å². The molecule has 1 aliphatic heterocycles. The summed E-state index contributed by atoms with van der Waals surface area (Å²) in [5.74, 6) is 5.39. The Hall–Kier alpha value is 1.40. The van der Waals surface area contributed by atoms with Crippen molar-refractivity contribution >= 4 is 47.0 Å². The van der Waals surface area contributed by atoms with Gasteiger partial charge in [0.1, 0.15) is 0 Å². The molecule has 1 fully saturated rings. The minimum absolute atomic E-state index is 0.426. The molecule has 2 atom stereocenters. The Kier molecular flexibility index (Phi) is 7.61. The minimum Gasteiger partial charge on any atom is -0.158 e. The van der Waals surface area contributed by atoms with Crippen LogP contribution in [-0.2, 0) is 0 Å². The van der Waals surface area contributed by atoms with Gasteiger partial charge in [0.15, 0.2) is 0 Å². The summed E-state index contributed by atoms with van der Waals surface area (Å²) in [6, 6.07) is 0. The van der Waals surface area contributed by atoms with Gasteiger partial charge in [-0.2, -0.15) is 47.0 Å². The lowest BCUT2D eigenvalue weighted by Crippen LogP contribution is -2.26. The summed E-state index contributed by atoms with van der Waals surface area (Å²) in [4.78, 5) is 0. The molecule has 1 rings (SSSR count). The smallest absolute Gasteiger partial charge is 0.0229 e. The van der Waals surface area contributed by atoms with Gasteiger partial charge in [0.05, 0.1) is 0 Å². The zero-order valence-electron chi connectivity index (χ0n) is 11.7. The van der Waals surface area contributed by atoms with Gasteiger partial charge in [-0.1, -0.05) is 34.6 Å². The molecule has 0 aromatic rings. The van der Waals surface area contributed by atoms with Gasteiger partial charge < -0.3 is 0 Å². The summed E-state index contributed by atoms with van der Waals surface area (Å²) in [6.45, 7) is 11.6. The molecule has 0 saturated carbocycles. The number of hydrogen-bond donors (Lipinski definition) is 0. The van der Waals surface area contributed by atoms with Crippen molar-refractivity contribution in [2.45, 2.75) is 55.1 Å². The van der Waals surface area contributed by atoms with Crippen LogP contribution in [0.3, 0.4) is 0 Å². The van der Waals surface area contributed by atoms with E-state index in [-0.39, 0.29) is 0 Å². The number of rotatable bonds is 5. The van der Waals surface area contributed by atoms with E-state index in [9.17, 15) is 0 Å². The van der Waals surface area contributed by atoms with Crippen LogP contribution in [0.4, 0.5) is 0 Å². The monoisotopic (exact) mass is 310 g/mol. The fourth-order valence-corrected chi connectivity index (χ4v) is 6.90. The van der Waals surface area contributed by atoms with E-state index >= 15 is 0 Å². The maximum absolute atomic E-state index is 2.32. The third-order valence-corrected chi connectivity index (χ3v) is 8.69. The molecule has 4 heteroatoms. The molecule has 102 valence electrons. The Bertz CT molecular complexity index is 202. The highest BCUT2D eigenvalue weighted by Crippen LogP contribution is 2.36. The SMILES string of the molecule is CC(C)SCC1CSC(CSC(C)(C)C)CS1. The van der Waals surface area contributed by atoms with Gasteiger partial charge in [-0.15, -0.1) is 0 Å². The lowest BCUT2D eigenvalue weighted by molar-refractivity contribution is 0.801. The van der Waals surface area contributed by atoms with Crippen molar-refractivity contribution in [3.05, 3.63) is 0 Å². The van der Waals surface area contributed by atoms with Gasteiger partial charge in [0.25, 0.3) is 0 Å². The Morgan fingerprint density at radius 3 is 2.00 bits per heavy atom. The molecule has 2 unspecified atom stereocenters. The molecule has 0 aromatic carbocycles. The van der Waals surface area contributed by atoms with Gasteiger partial charge in [0.2, 0.25) is 0 Å². The summed E-state index contributed by atoms with van der Waals surface area (Å²) >= 11 is 8.65. The summed E-state index contributed by atoms with van der Waals surface area (Å²) < 4.78 is 0.426. The molecule has 0 aromatic heterocycles. The van der Waals surface area contributed by atoms with E-state index < -0.39 is 0 Å². The van der Waals surface area contributed by atoms with Crippen molar-refractivity contribution in [3.8, 4) is 0 Å². The summed E-state index contributed by atoms with van der Waals surface area (Å²) in [5.41, 5.74) is 0. The molecule has 0 radical (unpaired) electrons. The average molecular weight is 311 g/mol. The summed E-state index contributed by atoms with van der Waals surface area (Å²) in [7, 11) is 0. The van der Waals surface area contributed by atoms with Crippen molar-refractivity contribution < 1.29 is 0 Å². The highest BCUT2D eigenvalue weighted by molar-refractivity contribution is 8.09. The molecule has 17 heavy (non-hydrogen) atoms. The average Bonchev–Trinajstić information content (AvgIpc) is 2.24. The van der Waals surface area contributed by atoms with Gasteiger partial charge in [-0.25, -0.2) is 0 Å². The predicted molar refractivity (Wildman–Crippen MR) is 92.3 cm³/mol. The first-order valence-electron chi connectivity index (χ1n) is 6.35. The predicted octanol–water partition coefficient (Wildman–Crippen LogP) is 4.88. The first-order valence-corrected chi connectivity index (χ1v) is 10.5. The summed E-state index contributed by atoms with van der Waals surface area (Å²) in [6.07, 6.45) is 0. The van der Waals surface area contributed by atoms with E-state index in [1.807, 2.05) is 0 Å². The highest BCUT2D eigenvalue weighted by Gasteiger charge is 2.24. The Morgan fingerprint density at radius 2 is 1.59 bits per heavy atom. The van der Waals surface area contributed by atoms with Crippen LogP contribution in [0.15, 0.2) is 0 Å². The van der Waals surface area contributed by atoms with Crippen molar-refractivity contribution in [2.75, 3.05) is 23.0 Å². The van der Waals surface area contributed by atoms with Crippen molar-refractivity contribution in [2.24, 2.45) is 0 Å². The van der Waals surface area contributed by atoms with Crippen LogP contribution in [0.2, 0.25) is 0 Å². The Morgan fingerprint density at radius 1 is 1.06 bits per heavy atom. The Balaban J connectivity index is 2.13. The van der Waals surface area contributed by atoms with Crippen LogP contribution in [-0.4, -0.2) is 43.5 Å². The topological polar surface area (TPSA) is 0 Å². The lowest BCUT2D eigenvalue weighted by atomic mass is 10.3.